The van der Waals surface area contributed by atoms with E-state index in [-0.39, 0.29) is 16.6 Å². The highest BCUT2D eigenvalue weighted by Crippen LogP contribution is 2.57. The maximum absolute atomic E-state index is 13.4. The van der Waals surface area contributed by atoms with E-state index in [0.717, 1.165) is 23.3 Å². The Morgan fingerprint density at radius 3 is 2.72 bits per heavy atom. The molecule has 1 heterocycles. The van der Waals surface area contributed by atoms with Gasteiger partial charge in [-0.05, 0) is 37.0 Å². The number of halogens is 2. The van der Waals surface area contributed by atoms with E-state index in [0.29, 0.717) is 6.04 Å². The fraction of sp³-hybridized carbons (Fsp3) is 0.500. The van der Waals surface area contributed by atoms with Crippen molar-refractivity contribution in [3.05, 3.63) is 29.8 Å². The molecule has 0 N–H and O–H groups in total. The zero-order valence-corrected chi connectivity index (χ0v) is 11.5. The highest BCUT2D eigenvalue weighted by molar-refractivity contribution is 6.20. The highest BCUT2D eigenvalue weighted by atomic mass is 35.5. The predicted molar refractivity (Wildman–Crippen MR) is 71.4 cm³/mol. The van der Waals surface area contributed by atoms with Crippen molar-refractivity contribution in [2.45, 2.75) is 38.6 Å². The van der Waals surface area contributed by atoms with Crippen LogP contribution < -0.4 is 0 Å². The van der Waals surface area contributed by atoms with Crippen molar-refractivity contribution in [1.82, 2.24) is 9.55 Å². The number of rotatable bonds is 2. The number of hydrogen-bond acceptors (Lipinski definition) is 1. The zero-order valence-electron chi connectivity index (χ0n) is 10.7. The lowest BCUT2D eigenvalue weighted by molar-refractivity contribution is 0.534. The van der Waals surface area contributed by atoms with Gasteiger partial charge in [0, 0.05) is 6.04 Å². The van der Waals surface area contributed by atoms with Crippen LogP contribution in [0.4, 0.5) is 4.39 Å². The largest absolute Gasteiger partial charge is 0.323 e. The summed E-state index contributed by atoms with van der Waals surface area (Å²) in [5, 5.41) is -0.170. The fourth-order valence-corrected chi connectivity index (χ4v) is 2.73. The first-order valence-electron chi connectivity index (χ1n) is 6.21. The SMILES string of the molecule is CC(Cl)c1nc2ccc(F)cc2n1C1CC1(C)C. The summed E-state index contributed by atoms with van der Waals surface area (Å²) in [6.45, 7) is 6.34. The van der Waals surface area contributed by atoms with Crippen LogP contribution in [0.25, 0.3) is 11.0 Å². The number of hydrogen-bond donors (Lipinski definition) is 0. The number of aromatic nitrogens is 2. The van der Waals surface area contributed by atoms with Gasteiger partial charge < -0.3 is 4.57 Å². The molecule has 1 aliphatic rings. The standard InChI is InChI=1S/C14H16ClFN2/c1-8(15)13-17-10-5-4-9(16)6-11(10)18(13)12-7-14(12,2)3/h4-6,8,12H,7H2,1-3H3. The van der Waals surface area contributed by atoms with Crippen LogP contribution in [0.2, 0.25) is 0 Å². The van der Waals surface area contributed by atoms with Crippen LogP contribution in [0.3, 0.4) is 0 Å². The van der Waals surface area contributed by atoms with Gasteiger partial charge in [0.05, 0.1) is 16.4 Å². The highest BCUT2D eigenvalue weighted by Gasteiger charge is 2.48. The van der Waals surface area contributed by atoms with E-state index in [9.17, 15) is 4.39 Å². The molecule has 1 aromatic carbocycles. The Morgan fingerprint density at radius 2 is 2.17 bits per heavy atom. The van der Waals surface area contributed by atoms with Gasteiger partial charge in [-0.25, -0.2) is 9.37 Å². The van der Waals surface area contributed by atoms with Gasteiger partial charge in [-0.2, -0.15) is 0 Å². The Hall–Kier alpha value is -1.09. The maximum atomic E-state index is 13.4. The van der Waals surface area contributed by atoms with Crippen molar-refractivity contribution in [1.29, 1.82) is 0 Å². The second-order valence-electron chi connectivity index (χ2n) is 5.80. The van der Waals surface area contributed by atoms with Crippen LogP contribution in [0.15, 0.2) is 18.2 Å². The van der Waals surface area contributed by atoms with Gasteiger partial charge in [0.1, 0.15) is 11.6 Å². The van der Waals surface area contributed by atoms with Gasteiger partial charge in [-0.3, -0.25) is 0 Å². The minimum Gasteiger partial charge on any atom is -0.323 e. The van der Waals surface area contributed by atoms with Crippen LogP contribution in [0.5, 0.6) is 0 Å². The molecule has 4 heteroatoms. The topological polar surface area (TPSA) is 17.8 Å². The van der Waals surface area contributed by atoms with E-state index in [2.05, 4.69) is 23.4 Å². The molecule has 1 fully saturated rings. The van der Waals surface area contributed by atoms with Gasteiger partial charge in [-0.1, -0.05) is 13.8 Å². The Labute approximate surface area is 111 Å². The molecular formula is C14H16ClFN2. The molecule has 0 saturated heterocycles. The molecule has 2 unspecified atom stereocenters. The molecule has 0 aliphatic heterocycles. The monoisotopic (exact) mass is 266 g/mol. The number of benzene rings is 1. The Bertz CT molecular complexity index is 616. The first kappa shape index (κ1) is 12.0. The van der Waals surface area contributed by atoms with Crippen LogP contribution in [-0.2, 0) is 0 Å². The normalized spacial score (nSPS) is 23.3. The summed E-state index contributed by atoms with van der Waals surface area (Å²) in [4.78, 5) is 4.54. The van der Waals surface area contributed by atoms with Gasteiger partial charge in [0.2, 0.25) is 0 Å². The number of nitrogens with zero attached hydrogens (tertiary/aromatic N) is 2. The molecule has 2 aromatic rings. The van der Waals surface area contributed by atoms with Crippen LogP contribution in [-0.4, -0.2) is 9.55 Å². The third-order valence-electron chi connectivity index (χ3n) is 3.81. The zero-order chi connectivity index (χ0) is 13.1. The molecule has 1 aliphatic carbocycles. The summed E-state index contributed by atoms with van der Waals surface area (Å²) in [5.41, 5.74) is 1.93. The van der Waals surface area contributed by atoms with E-state index >= 15 is 0 Å². The smallest absolute Gasteiger partial charge is 0.127 e. The average molecular weight is 267 g/mol. The lowest BCUT2D eigenvalue weighted by Crippen LogP contribution is -2.06. The van der Waals surface area contributed by atoms with Crippen molar-refractivity contribution in [3.63, 3.8) is 0 Å². The molecule has 2 atom stereocenters. The number of fused-ring (bicyclic) bond motifs is 1. The molecule has 96 valence electrons. The average Bonchev–Trinajstić information content (AvgIpc) is 2.74. The van der Waals surface area contributed by atoms with Crippen molar-refractivity contribution in [2.24, 2.45) is 5.41 Å². The van der Waals surface area contributed by atoms with Crippen molar-refractivity contribution >= 4 is 22.6 Å². The van der Waals surface area contributed by atoms with E-state index < -0.39 is 0 Å². The van der Waals surface area contributed by atoms with Crippen LogP contribution >= 0.6 is 11.6 Å². The van der Waals surface area contributed by atoms with Gasteiger partial charge in [-0.15, -0.1) is 11.6 Å². The van der Waals surface area contributed by atoms with Gasteiger partial charge in [0.25, 0.3) is 0 Å². The molecule has 0 amide bonds. The molecular weight excluding hydrogens is 251 g/mol. The summed E-state index contributed by atoms with van der Waals surface area (Å²) in [5.74, 6) is 0.615. The second-order valence-corrected chi connectivity index (χ2v) is 6.45. The molecule has 3 rings (SSSR count). The molecule has 0 bridgehead atoms. The lowest BCUT2D eigenvalue weighted by atomic mass is 10.2. The molecule has 18 heavy (non-hydrogen) atoms. The van der Waals surface area contributed by atoms with E-state index in [1.165, 1.54) is 6.07 Å². The molecule has 1 aromatic heterocycles. The predicted octanol–water partition coefficient (Wildman–Crippen LogP) is 4.45. The number of alkyl halides is 1. The minimum absolute atomic E-state index is 0.170. The van der Waals surface area contributed by atoms with Crippen molar-refractivity contribution in [3.8, 4) is 0 Å². The van der Waals surface area contributed by atoms with Crippen LogP contribution in [0.1, 0.15) is 44.4 Å². The number of imidazole rings is 1. The van der Waals surface area contributed by atoms with Crippen LogP contribution in [0, 0.1) is 11.2 Å². The van der Waals surface area contributed by atoms with E-state index in [1.807, 2.05) is 6.92 Å². The first-order valence-corrected chi connectivity index (χ1v) is 6.65. The lowest BCUT2D eigenvalue weighted by Gasteiger charge is -2.12. The second kappa shape index (κ2) is 3.70. The molecule has 0 radical (unpaired) electrons. The van der Waals surface area contributed by atoms with E-state index in [4.69, 9.17) is 11.6 Å². The quantitative estimate of drug-likeness (QED) is 0.735. The molecule has 1 saturated carbocycles. The van der Waals surface area contributed by atoms with Crippen molar-refractivity contribution in [2.75, 3.05) is 0 Å². The van der Waals surface area contributed by atoms with Crippen molar-refractivity contribution < 1.29 is 4.39 Å². The summed E-state index contributed by atoms with van der Waals surface area (Å²) >= 11 is 6.21. The minimum atomic E-state index is -0.226. The van der Waals surface area contributed by atoms with E-state index in [1.54, 1.807) is 12.1 Å². The molecule has 2 nitrogen and oxygen atoms in total. The first-order chi connectivity index (χ1) is 8.40. The Balaban J connectivity index is 2.25. The summed E-state index contributed by atoms with van der Waals surface area (Å²) in [7, 11) is 0. The third-order valence-corrected chi connectivity index (χ3v) is 4.00. The molecule has 0 spiro atoms. The Morgan fingerprint density at radius 1 is 1.50 bits per heavy atom. The summed E-state index contributed by atoms with van der Waals surface area (Å²) in [6.07, 6.45) is 1.09. The van der Waals surface area contributed by atoms with Gasteiger partial charge in [0.15, 0.2) is 0 Å². The third kappa shape index (κ3) is 1.72. The summed E-state index contributed by atoms with van der Waals surface area (Å²) < 4.78 is 15.6. The maximum Gasteiger partial charge on any atom is 0.127 e. The fourth-order valence-electron chi connectivity index (χ4n) is 2.57. The summed E-state index contributed by atoms with van der Waals surface area (Å²) in [6, 6.07) is 5.10. The van der Waals surface area contributed by atoms with Gasteiger partial charge >= 0.3 is 0 Å². The Kier molecular flexibility index (Phi) is 2.46.